The smallest absolute Gasteiger partial charge is 0.255 e. The first-order valence-electron chi connectivity index (χ1n) is 7.70. The number of aliphatic hydroxyl groups is 2. The van der Waals surface area contributed by atoms with Crippen LogP contribution in [0.2, 0.25) is 0 Å². The molecule has 8 rings (SSSR count). The molecule has 2 heterocycles. The standard InChI is InChI=1S/C16H15NO3/c18-12-15(19)10-6-5-7-9-8(6)13(15)3-1-2-4-14(9,13)16(20,17-12)11(7)10/h1-4,6-11,19-20H,5H2,(H,17,18). The largest absolute Gasteiger partial charge is 0.379 e. The molecule has 10 unspecified atom stereocenters. The summed E-state index contributed by atoms with van der Waals surface area (Å²) in [5, 5.41) is 25.8. The van der Waals surface area contributed by atoms with Gasteiger partial charge in [-0.05, 0) is 30.1 Å². The number of nitrogens with one attached hydrogen (secondary N) is 1. The number of allylic oxidation sites excluding steroid dienone is 2. The Morgan fingerprint density at radius 1 is 1.00 bits per heavy atom. The molecule has 1 amide bonds. The second kappa shape index (κ2) is 2.04. The molecule has 4 nitrogen and oxygen atoms in total. The fourth-order valence-corrected chi connectivity index (χ4v) is 8.90. The number of hydrogen-bond donors (Lipinski definition) is 3. The van der Waals surface area contributed by atoms with Crippen LogP contribution in [0.1, 0.15) is 6.42 Å². The molecule has 5 saturated carbocycles. The molecule has 0 aromatic carbocycles. The highest BCUT2D eigenvalue weighted by molar-refractivity contribution is 5.94. The van der Waals surface area contributed by atoms with Gasteiger partial charge in [0.2, 0.25) is 0 Å². The summed E-state index contributed by atoms with van der Waals surface area (Å²) in [5.41, 5.74) is -3.40. The number of hydrogen-bond acceptors (Lipinski definition) is 3. The van der Waals surface area contributed by atoms with Crippen molar-refractivity contribution in [3.8, 4) is 0 Å². The van der Waals surface area contributed by atoms with Crippen LogP contribution in [0.25, 0.3) is 0 Å². The Balaban J connectivity index is 1.74. The summed E-state index contributed by atoms with van der Waals surface area (Å²) in [6, 6.07) is 0. The van der Waals surface area contributed by atoms with Gasteiger partial charge in [-0.2, -0.15) is 0 Å². The lowest BCUT2D eigenvalue weighted by Gasteiger charge is -2.74. The van der Waals surface area contributed by atoms with Gasteiger partial charge in [0, 0.05) is 17.3 Å². The monoisotopic (exact) mass is 269 g/mol. The van der Waals surface area contributed by atoms with Crippen LogP contribution in [0, 0.1) is 46.3 Å². The van der Waals surface area contributed by atoms with Gasteiger partial charge in [0.05, 0.1) is 5.41 Å². The van der Waals surface area contributed by atoms with Crippen LogP contribution in [0.15, 0.2) is 24.3 Å². The van der Waals surface area contributed by atoms with Crippen molar-refractivity contribution in [3.05, 3.63) is 24.3 Å². The van der Waals surface area contributed by atoms with Crippen LogP contribution in [-0.2, 0) is 4.79 Å². The molecule has 8 aliphatic rings. The topological polar surface area (TPSA) is 69.6 Å². The van der Waals surface area contributed by atoms with E-state index in [1.54, 1.807) is 0 Å². The first-order chi connectivity index (χ1) is 9.56. The number of carbonyl (C=O) groups excluding carboxylic acids is 1. The number of piperidine rings is 2. The zero-order chi connectivity index (χ0) is 13.3. The minimum Gasteiger partial charge on any atom is -0.379 e. The normalized spacial score (nSPS) is 78.2. The molecule has 4 heteroatoms. The van der Waals surface area contributed by atoms with Gasteiger partial charge < -0.3 is 15.5 Å². The van der Waals surface area contributed by atoms with Crippen molar-refractivity contribution in [1.29, 1.82) is 0 Å². The summed E-state index contributed by atoms with van der Waals surface area (Å²) >= 11 is 0. The fourth-order valence-electron chi connectivity index (χ4n) is 8.90. The van der Waals surface area contributed by atoms with E-state index in [1.807, 2.05) is 12.2 Å². The highest BCUT2D eigenvalue weighted by Gasteiger charge is 3.04. The Hall–Kier alpha value is -1.13. The second-order valence-electron chi connectivity index (χ2n) is 8.11. The van der Waals surface area contributed by atoms with Gasteiger partial charge in [-0.3, -0.25) is 4.79 Å². The van der Waals surface area contributed by atoms with Crippen LogP contribution in [0.5, 0.6) is 0 Å². The number of fused-ring (bicyclic) bond motifs is 1. The van der Waals surface area contributed by atoms with E-state index in [-0.39, 0.29) is 17.7 Å². The van der Waals surface area contributed by atoms with E-state index < -0.39 is 22.2 Å². The number of amides is 1. The summed E-state index contributed by atoms with van der Waals surface area (Å²) in [7, 11) is 0. The van der Waals surface area contributed by atoms with E-state index >= 15 is 0 Å². The van der Waals surface area contributed by atoms with Gasteiger partial charge in [-0.15, -0.1) is 0 Å². The van der Waals surface area contributed by atoms with E-state index in [9.17, 15) is 15.0 Å². The molecular weight excluding hydrogens is 254 g/mol. The molecule has 7 fully saturated rings. The van der Waals surface area contributed by atoms with Crippen molar-refractivity contribution in [1.82, 2.24) is 5.32 Å². The average molecular weight is 269 g/mol. The summed E-state index contributed by atoms with van der Waals surface area (Å²) in [6.07, 6.45) is 9.23. The van der Waals surface area contributed by atoms with Gasteiger partial charge in [-0.1, -0.05) is 24.3 Å². The van der Waals surface area contributed by atoms with Crippen molar-refractivity contribution in [3.63, 3.8) is 0 Å². The molecule has 2 aliphatic heterocycles. The Kier molecular flexibility index (Phi) is 0.996. The molecular formula is C16H15NO3. The third kappa shape index (κ3) is 0.444. The lowest BCUT2D eigenvalue weighted by atomic mass is 9.32. The van der Waals surface area contributed by atoms with Gasteiger partial charge in [0.15, 0.2) is 11.3 Å². The van der Waals surface area contributed by atoms with E-state index in [2.05, 4.69) is 17.5 Å². The van der Waals surface area contributed by atoms with Crippen LogP contribution >= 0.6 is 0 Å². The van der Waals surface area contributed by atoms with Gasteiger partial charge in [0.25, 0.3) is 5.91 Å². The molecule has 0 aromatic heterocycles. The lowest BCUT2D eigenvalue weighted by molar-refractivity contribution is -0.317. The Morgan fingerprint density at radius 2 is 1.65 bits per heavy atom. The SMILES string of the molecule is O=C1NC2(O)C3C4CC5C3C1(O)C13C=CC=CC21C4C53. The number of carbonyl (C=O) groups is 1. The minimum atomic E-state index is -1.29. The second-order valence-corrected chi connectivity index (χ2v) is 8.11. The summed E-state index contributed by atoms with van der Waals surface area (Å²) in [6.45, 7) is 0. The molecule has 0 radical (unpaired) electrons. The molecule has 20 heavy (non-hydrogen) atoms. The lowest BCUT2D eigenvalue weighted by Crippen LogP contribution is -2.89. The van der Waals surface area contributed by atoms with Crippen LogP contribution in [0.4, 0.5) is 0 Å². The fraction of sp³-hybridized carbons (Fsp3) is 0.688. The Morgan fingerprint density at radius 3 is 2.45 bits per heavy atom. The molecule has 2 saturated heterocycles. The quantitative estimate of drug-likeness (QED) is 0.570. The van der Waals surface area contributed by atoms with Gasteiger partial charge in [0.1, 0.15) is 0 Å². The van der Waals surface area contributed by atoms with Crippen LogP contribution in [-0.4, -0.2) is 27.4 Å². The average Bonchev–Trinajstić information content (AvgIpc) is 2.96. The third-order valence-electron chi connectivity index (χ3n) is 8.61. The Labute approximate surface area is 115 Å². The summed E-state index contributed by atoms with van der Waals surface area (Å²) < 4.78 is 0. The van der Waals surface area contributed by atoms with Crippen molar-refractivity contribution < 1.29 is 15.0 Å². The highest BCUT2D eigenvalue weighted by Crippen LogP contribution is 2.98. The molecule has 6 aliphatic carbocycles. The zero-order valence-corrected chi connectivity index (χ0v) is 10.8. The van der Waals surface area contributed by atoms with Crippen molar-refractivity contribution in [2.24, 2.45) is 46.3 Å². The maximum absolute atomic E-state index is 12.6. The highest BCUT2D eigenvalue weighted by atomic mass is 16.3. The maximum atomic E-state index is 12.6. The third-order valence-corrected chi connectivity index (χ3v) is 8.61. The molecule has 3 N–H and O–H groups in total. The predicted octanol–water partition coefficient (Wildman–Crippen LogP) is -0.210. The maximum Gasteiger partial charge on any atom is 0.255 e. The zero-order valence-electron chi connectivity index (χ0n) is 10.8. The minimum absolute atomic E-state index is 0.0284. The summed E-state index contributed by atoms with van der Waals surface area (Å²) in [5.74, 6) is 1.48. The van der Waals surface area contributed by atoms with Crippen molar-refractivity contribution in [2.45, 2.75) is 17.7 Å². The van der Waals surface area contributed by atoms with E-state index in [0.717, 1.165) is 6.42 Å². The van der Waals surface area contributed by atoms with Crippen LogP contribution in [0.3, 0.4) is 0 Å². The van der Waals surface area contributed by atoms with Crippen molar-refractivity contribution in [2.75, 3.05) is 0 Å². The first kappa shape index (κ1) is 9.74. The predicted molar refractivity (Wildman–Crippen MR) is 66.7 cm³/mol. The molecule has 4 bridgehead atoms. The molecule has 10 atom stereocenters. The van der Waals surface area contributed by atoms with E-state index in [1.165, 1.54) is 0 Å². The molecule has 0 aromatic rings. The molecule has 2 spiro atoms. The number of rotatable bonds is 0. The van der Waals surface area contributed by atoms with Gasteiger partial charge in [-0.25, -0.2) is 0 Å². The first-order valence-corrected chi connectivity index (χ1v) is 7.70. The van der Waals surface area contributed by atoms with Crippen LogP contribution < -0.4 is 5.32 Å². The van der Waals surface area contributed by atoms with E-state index in [0.29, 0.717) is 23.7 Å². The molecule has 102 valence electrons. The van der Waals surface area contributed by atoms with Gasteiger partial charge >= 0.3 is 0 Å². The van der Waals surface area contributed by atoms with Crippen molar-refractivity contribution >= 4 is 5.91 Å². The Bertz CT molecular complexity index is 715. The summed E-state index contributed by atoms with van der Waals surface area (Å²) in [4.78, 5) is 12.6. The van der Waals surface area contributed by atoms with E-state index in [4.69, 9.17) is 0 Å².